The van der Waals surface area contributed by atoms with Gasteiger partial charge in [-0.05, 0) is 55.7 Å². The van der Waals surface area contributed by atoms with Gasteiger partial charge < -0.3 is 4.74 Å². The summed E-state index contributed by atoms with van der Waals surface area (Å²) in [6.45, 7) is 1.96. The lowest BCUT2D eigenvalue weighted by molar-refractivity contribution is 0.402. The standard InChI is InChI=1S/C22H26N4O3S/c1-16-7-8-21(29-2)22(13-16)30(27,28)24-15-18-14-20(17-9-11-23-12-10-17)26(25-18)19-5-3-4-6-19/h7-14,19,24H,3-6,15H2,1-2H3. The molecule has 3 aromatic rings. The number of hydrogen-bond donors (Lipinski definition) is 1. The fourth-order valence-corrected chi connectivity index (χ4v) is 5.19. The first kappa shape index (κ1) is 20.6. The Hall–Kier alpha value is -2.71. The van der Waals surface area contributed by atoms with Crippen molar-refractivity contribution in [3.63, 3.8) is 0 Å². The van der Waals surface area contributed by atoms with Gasteiger partial charge in [0.15, 0.2) is 0 Å². The third-order valence-electron chi connectivity index (χ3n) is 5.48. The molecule has 1 aliphatic carbocycles. The number of aromatic nitrogens is 3. The van der Waals surface area contributed by atoms with Gasteiger partial charge in [-0.25, -0.2) is 13.1 Å². The van der Waals surface area contributed by atoms with Crippen LogP contribution in [0.25, 0.3) is 11.3 Å². The molecule has 158 valence electrons. The van der Waals surface area contributed by atoms with Crippen LogP contribution in [0.15, 0.2) is 53.7 Å². The Bertz CT molecular complexity index is 1120. The summed E-state index contributed by atoms with van der Waals surface area (Å²) in [4.78, 5) is 4.23. The first-order chi connectivity index (χ1) is 14.5. The number of aryl methyl sites for hydroxylation is 1. The van der Waals surface area contributed by atoms with Crippen LogP contribution in [0.4, 0.5) is 0 Å². The highest BCUT2D eigenvalue weighted by Gasteiger charge is 2.24. The summed E-state index contributed by atoms with van der Waals surface area (Å²) in [6.07, 6.45) is 8.07. The lowest BCUT2D eigenvalue weighted by atomic mass is 10.1. The maximum atomic E-state index is 12.9. The maximum Gasteiger partial charge on any atom is 0.244 e. The van der Waals surface area contributed by atoms with Crippen LogP contribution in [-0.4, -0.2) is 30.3 Å². The molecule has 0 bridgehead atoms. The Labute approximate surface area is 177 Å². The number of pyridine rings is 1. The molecule has 0 aliphatic heterocycles. The third kappa shape index (κ3) is 4.24. The SMILES string of the molecule is COc1ccc(C)cc1S(=O)(=O)NCc1cc(-c2ccncc2)n(C2CCCC2)n1. The van der Waals surface area contributed by atoms with Crippen molar-refractivity contribution < 1.29 is 13.2 Å². The summed E-state index contributed by atoms with van der Waals surface area (Å²) in [5.41, 5.74) is 3.55. The van der Waals surface area contributed by atoms with E-state index in [1.807, 2.05) is 31.2 Å². The zero-order valence-corrected chi connectivity index (χ0v) is 18.0. The molecule has 1 N–H and O–H groups in total. The van der Waals surface area contributed by atoms with E-state index in [4.69, 9.17) is 9.84 Å². The molecule has 7 nitrogen and oxygen atoms in total. The molecular formula is C22H26N4O3S. The second kappa shape index (κ2) is 8.57. The topological polar surface area (TPSA) is 86.1 Å². The van der Waals surface area contributed by atoms with Crippen molar-refractivity contribution in [3.05, 3.63) is 60.0 Å². The summed E-state index contributed by atoms with van der Waals surface area (Å²) in [5.74, 6) is 0.321. The van der Waals surface area contributed by atoms with Crippen LogP contribution in [0.5, 0.6) is 5.75 Å². The van der Waals surface area contributed by atoms with Crippen LogP contribution in [0.3, 0.4) is 0 Å². The van der Waals surface area contributed by atoms with Crippen molar-refractivity contribution in [2.24, 2.45) is 0 Å². The smallest absolute Gasteiger partial charge is 0.244 e. The molecule has 2 aromatic heterocycles. The van der Waals surface area contributed by atoms with Gasteiger partial charge in [-0.3, -0.25) is 9.67 Å². The van der Waals surface area contributed by atoms with Gasteiger partial charge >= 0.3 is 0 Å². The summed E-state index contributed by atoms with van der Waals surface area (Å²) in [6, 6.07) is 11.3. The second-order valence-corrected chi connectivity index (χ2v) is 9.35. The second-order valence-electron chi connectivity index (χ2n) is 7.62. The van der Waals surface area contributed by atoms with E-state index in [1.165, 1.54) is 20.0 Å². The monoisotopic (exact) mass is 426 g/mol. The van der Waals surface area contributed by atoms with E-state index in [0.717, 1.165) is 29.7 Å². The normalized spacial score (nSPS) is 14.9. The molecular weight excluding hydrogens is 400 g/mol. The van der Waals surface area contributed by atoms with Crippen LogP contribution in [0.2, 0.25) is 0 Å². The number of nitrogens with zero attached hydrogens (tertiary/aromatic N) is 3. The van der Waals surface area contributed by atoms with Gasteiger partial charge in [0.1, 0.15) is 10.6 Å². The lowest BCUT2D eigenvalue weighted by Gasteiger charge is -2.14. The van der Waals surface area contributed by atoms with Crippen molar-refractivity contribution >= 4 is 10.0 Å². The van der Waals surface area contributed by atoms with Crippen LogP contribution in [-0.2, 0) is 16.6 Å². The Balaban J connectivity index is 1.62. The minimum atomic E-state index is -3.75. The van der Waals surface area contributed by atoms with Gasteiger partial charge in [-0.2, -0.15) is 5.10 Å². The Morgan fingerprint density at radius 2 is 1.87 bits per heavy atom. The van der Waals surface area contributed by atoms with Gasteiger partial charge in [0.05, 0.1) is 31.1 Å². The number of nitrogens with one attached hydrogen (secondary N) is 1. The fraction of sp³-hybridized carbons (Fsp3) is 0.364. The predicted octanol–water partition coefficient (Wildman–Crippen LogP) is 3.86. The van der Waals surface area contributed by atoms with Crippen LogP contribution < -0.4 is 9.46 Å². The number of sulfonamides is 1. The molecule has 8 heteroatoms. The van der Waals surface area contributed by atoms with Crippen molar-refractivity contribution in [3.8, 4) is 17.0 Å². The van der Waals surface area contributed by atoms with E-state index in [2.05, 4.69) is 14.4 Å². The molecule has 0 atom stereocenters. The van der Waals surface area contributed by atoms with Gasteiger partial charge in [0, 0.05) is 18.0 Å². The highest BCUT2D eigenvalue weighted by molar-refractivity contribution is 7.89. The molecule has 2 heterocycles. The average molecular weight is 427 g/mol. The van der Waals surface area contributed by atoms with Crippen LogP contribution in [0, 0.1) is 6.92 Å². The largest absolute Gasteiger partial charge is 0.495 e. The molecule has 4 rings (SSSR count). The first-order valence-corrected chi connectivity index (χ1v) is 11.6. The Morgan fingerprint density at radius 3 is 2.57 bits per heavy atom. The van der Waals surface area contributed by atoms with Gasteiger partial charge in [0.2, 0.25) is 10.0 Å². The fourth-order valence-electron chi connectivity index (χ4n) is 3.94. The zero-order chi connectivity index (χ0) is 21.1. The third-order valence-corrected chi connectivity index (χ3v) is 6.91. The molecule has 0 amide bonds. The van der Waals surface area contributed by atoms with E-state index in [0.29, 0.717) is 17.5 Å². The molecule has 30 heavy (non-hydrogen) atoms. The van der Waals surface area contributed by atoms with E-state index >= 15 is 0 Å². The summed E-state index contributed by atoms with van der Waals surface area (Å²) < 4.78 is 35.8. The van der Waals surface area contributed by atoms with E-state index in [-0.39, 0.29) is 11.4 Å². The summed E-state index contributed by atoms with van der Waals surface area (Å²) in [5, 5.41) is 4.76. The zero-order valence-electron chi connectivity index (χ0n) is 17.2. The quantitative estimate of drug-likeness (QED) is 0.620. The van der Waals surface area contributed by atoms with E-state index in [9.17, 15) is 8.42 Å². The summed E-state index contributed by atoms with van der Waals surface area (Å²) in [7, 11) is -2.28. The highest BCUT2D eigenvalue weighted by atomic mass is 32.2. The Morgan fingerprint density at radius 1 is 1.13 bits per heavy atom. The van der Waals surface area contributed by atoms with E-state index in [1.54, 1.807) is 24.5 Å². The maximum absolute atomic E-state index is 12.9. The van der Waals surface area contributed by atoms with Crippen molar-refractivity contribution in [1.82, 2.24) is 19.5 Å². The molecule has 0 unspecified atom stereocenters. The minimum absolute atomic E-state index is 0.108. The predicted molar refractivity (Wildman–Crippen MR) is 115 cm³/mol. The molecule has 1 aliphatic rings. The van der Waals surface area contributed by atoms with Gasteiger partial charge in [-0.1, -0.05) is 18.9 Å². The van der Waals surface area contributed by atoms with Crippen LogP contribution >= 0.6 is 0 Å². The molecule has 1 aromatic carbocycles. The van der Waals surface area contributed by atoms with Gasteiger partial charge in [0.25, 0.3) is 0 Å². The summed E-state index contributed by atoms with van der Waals surface area (Å²) >= 11 is 0. The Kier molecular flexibility index (Phi) is 5.87. The molecule has 1 fully saturated rings. The van der Waals surface area contributed by atoms with Crippen LogP contribution in [0.1, 0.15) is 43.0 Å². The lowest BCUT2D eigenvalue weighted by Crippen LogP contribution is -2.24. The molecule has 0 radical (unpaired) electrons. The number of hydrogen-bond acceptors (Lipinski definition) is 5. The molecule has 0 spiro atoms. The number of rotatable bonds is 7. The number of ether oxygens (including phenoxy) is 1. The first-order valence-electron chi connectivity index (χ1n) is 10.1. The molecule has 1 saturated carbocycles. The van der Waals surface area contributed by atoms with Gasteiger partial charge in [-0.15, -0.1) is 0 Å². The van der Waals surface area contributed by atoms with E-state index < -0.39 is 10.0 Å². The van der Waals surface area contributed by atoms with Crippen molar-refractivity contribution in [2.75, 3.05) is 7.11 Å². The number of methoxy groups -OCH3 is 1. The van der Waals surface area contributed by atoms with Crippen molar-refractivity contribution in [1.29, 1.82) is 0 Å². The number of benzene rings is 1. The van der Waals surface area contributed by atoms with Crippen molar-refractivity contribution in [2.45, 2.75) is 50.1 Å². The minimum Gasteiger partial charge on any atom is -0.495 e. The average Bonchev–Trinajstić information content (AvgIpc) is 3.43. The highest BCUT2D eigenvalue weighted by Crippen LogP contribution is 2.33. The molecule has 0 saturated heterocycles.